The van der Waals surface area contributed by atoms with Gasteiger partial charge in [0, 0.05) is 11.1 Å². The highest BCUT2D eigenvalue weighted by Crippen LogP contribution is 2.41. The number of nitrogen functional groups attached to an aromatic ring is 1. The van der Waals surface area contributed by atoms with Crippen molar-refractivity contribution < 1.29 is 22.4 Å². The average molecular weight is 276 g/mol. The summed E-state index contributed by atoms with van der Waals surface area (Å²) in [6.45, 7) is 1.19. The van der Waals surface area contributed by atoms with E-state index < -0.39 is 35.2 Å². The van der Waals surface area contributed by atoms with Crippen LogP contribution in [0.3, 0.4) is 0 Å². The number of alkyl halides is 2. The van der Waals surface area contributed by atoms with E-state index in [1.807, 2.05) is 0 Å². The zero-order valence-corrected chi connectivity index (χ0v) is 10.1. The van der Waals surface area contributed by atoms with Crippen molar-refractivity contribution in [2.75, 3.05) is 5.73 Å². The van der Waals surface area contributed by atoms with E-state index in [1.54, 1.807) is 0 Å². The molecule has 0 saturated heterocycles. The molecule has 0 aliphatic heterocycles. The predicted octanol–water partition coefficient (Wildman–Crippen LogP) is 2.38. The third-order valence-corrected chi connectivity index (χ3v) is 3.29. The molecule has 1 aromatic carbocycles. The number of carbonyl (C=O) groups is 1. The van der Waals surface area contributed by atoms with Crippen molar-refractivity contribution in [1.29, 1.82) is 0 Å². The van der Waals surface area contributed by atoms with Gasteiger partial charge < -0.3 is 11.1 Å². The summed E-state index contributed by atoms with van der Waals surface area (Å²) in [5.41, 5.74) is 2.67. The highest BCUT2D eigenvalue weighted by molar-refractivity contribution is 5.97. The Balaban J connectivity index is 2.30. The highest BCUT2D eigenvalue weighted by atomic mass is 19.3. The third kappa shape index (κ3) is 2.24. The van der Waals surface area contributed by atoms with Gasteiger partial charge in [0.2, 0.25) is 0 Å². The third-order valence-electron chi connectivity index (χ3n) is 3.29. The van der Waals surface area contributed by atoms with Gasteiger partial charge >= 0.3 is 0 Å². The molecule has 0 aromatic heterocycles. The first-order valence-corrected chi connectivity index (χ1v) is 5.63. The molecule has 1 amide bonds. The first kappa shape index (κ1) is 13.6. The molecule has 3 N–H and O–H groups in total. The zero-order valence-electron chi connectivity index (χ0n) is 10.1. The van der Waals surface area contributed by atoms with Gasteiger partial charge in [0.05, 0.1) is 5.69 Å². The van der Waals surface area contributed by atoms with Crippen molar-refractivity contribution in [2.24, 2.45) is 0 Å². The lowest BCUT2D eigenvalue weighted by Crippen LogP contribution is -2.42. The van der Waals surface area contributed by atoms with Crippen LogP contribution >= 0.6 is 0 Å². The van der Waals surface area contributed by atoms with E-state index in [0.717, 1.165) is 6.07 Å². The van der Waals surface area contributed by atoms with Crippen molar-refractivity contribution in [3.63, 3.8) is 0 Å². The molecule has 1 saturated carbocycles. The highest BCUT2D eigenvalue weighted by Gasteiger charge is 2.52. The van der Waals surface area contributed by atoms with E-state index in [4.69, 9.17) is 5.73 Å². The summed E-state index contributed by atoms with van der Waals surface area (Å²) in [4.78, 5) is 11.9. The van der Waals surface area contributed by atoms with Crippen LogP contribution in [0.2, 0.25) is 0 Å². The minimum Gasteiger partial charge on any atom is -0.396 e. The average Bonchev–Trinajstić information content (AvgIpc) is 3.12. The maximum absolute atomic E-state index is 13.4. The Morgan fingerprint density at radius 1 is 1.37 bits per heavy atom. The van der Waals surface area contributed by atoms with Gasteiger partial charge in [-0.15, -0.1) is 0 Å². The molecule has 1 fully saturated rings. The molecule has 0 bridgehead atoms. The molecule has 3 nitrogen and oxygen atoms in total. The summed E-state index contributed by atoms with van der Waals surface area (Å²) in [5.74, 6) is -3.36. The molecule has 104 valence electrons. The number of amides is 1. The summed E-state index contributed by atoms with van der Waals surface area (Å²) in [5, 5.41) is 2.16. The van der Waals surface area contributed by atoms with E-state index >= 15 is 0 Å². The van der Waals surface area contributed by atoms with Gasteiger partial charge in [0.1, 0.15) is 5.54 Å². The fourth-order valence-corrected chi connectivity index (χ4v) is 1.80. The van der Waals surface area contributed by atoms with Crippen LogP contribution in [0.5, 0.6) is 0 Å². The second kappa shape index (κ2) is 4.40. The number of hydrogen-bond acceptors (Lipinski definition) is 2. The molecule has 19 heavy (non-hydrogen) atoms. The van der Waals surface area contributed by atoms with Crippen molar-refractivity contribution in [3.8, 4) is 0 Å². The molecule has 2 rings (SSSR count). The van der Waals surface area contributed by atoms with Crippen molar-refractivity contribution in [2.45, 2.75) is 31.7 Å². The van der Waals surface area contributed by atoms with Crippen LogP contribution in [0, 0.1) is 18.6 Å². The Bertz CT molecular complexity index is 541. The van der Waals surface area contributed by atoms with Crippen LogP contribution in [-0.2, 0) is 0 Å². The van der Waals surface area contributed by atoms with E-state index in [2.05, 4.69) is 5.32 Å². The molecule has 7 heteroatoms. The maximum Gasteiger partial charge on any atom is 0.261 e. The van der Waals surface area contributed by atoms with E-state index in [9.17, 15) is 22.4 Å². The molecule has 1 aromatic rings. The second-order valence-corrected chi connectivity index (χ2v) is 4.68. The first-order valence-electron chi connectivity index (χ1n) is 5.63. The number of nitrogens with two attached hydrogens (primary N) is 1. The number of anilines is 1. The van der Waals surface area contributed by atoms with Gasteiger partial charge in [0.25, 0.3) is 12.3 Å². The molecule has 1 aliphatic rings. The summed E-state index contributed by atoms with van der Waals surface area (Å²) in [6, 6.07) is 0.949. The minimum atomic E-state index is -2.70. The summed E-state index contributed by atoms with van der Waals surface area (Å²) >= 11 is 0. The quantitative estimate of drug-likeness (QED) is 0.658. The topological polar surface area (TPSA) is 55.1 Å². The number of carbonyl (C=O) groups excluding carboxylic acids is 1. The molecular weight excluding hydrogens is 264 g/mol. The predicted molar refractivity (Wildman–Crippen MR) is 60.9 cm³/mol. The van der Waals surface area contributed by atoms with Crippen molar-refractivity contribution >= 4 is 11.6 Å². The van der Waals surface area contributed by atoms with Gasteiger partial charge in [-0.3, -0.25) is 4.79 Å². The Morgan fingerprint density at radius 3 is 2.42 bits per heavy atom. The summed E-state index contributed by atoms with van der Waals surface area (Å²) < 4.78 is 52.0. The van der Waals surface area contributed by atoms with E-state index in [-0.39, 0.29) is 24.0 Å². The summed E-state index contributed by atoms with van der Waals surface area (Å²) in [7, 11) is 0. The molecule has 0 spiro atoms. The molecule has 0 unspecified atom stereocenters. The Kier molecular flexibility index (Phi) is 3.15. The normalized spacial score (nSPS) is 16.5. The van der Waals surface area contributed by atoms with E-state index in [1.165, 1.54) is 6.92 Å². The Hall–Kier alpha value is -1.79. The SMILES string of the molecule is Cc1c(C(=O)NC2(C(F)F)CC2)cc(N)c(F)c1F. The molecular formula is C12H12F4N2O. The fraction of sp³-hybridized carbons (Fsp3) is 0.417. The van der Waals surface area contributed by atoms with E-state index in [0.29, 0.717) is 0 Å². The van der Waals surface area contributed by atoms with Gasteiger partial charge in [-0.25, -0.2) is 17.6 Å². The standard InChI is InChI=1S/C12H12F4N2O/c1-5-6(4-7(17)9(14)8(5)13)10(19)18-12(2-3-12)11(15)16/h4,11H,2-3,17H2,1H3,(H,18,19). The summed E-state index contributed by atoms with van der Waals surface area (Å²) in [6.07, 6.45) is -2.37. The second-order valence-electron chi connectivity index (χ2n) is 4.68. The number of rotatable bonds is 3. The fourth-order valence-electron chi connectivity index (χ4n) is 1.80. The maximum atomic E-state index is 13.4. The van der Waals surface area contributed by atoms with Crippen LogP contribution in [0.15, 0.2) is 6.07 Å². The van der Waals surface area contributed by atoms with Crippen molar-refractivity contribution in [1.82, 2.24) is 5.32 Å². The zero-order chi connectivity index (χ0) is 14.4. The van der Waals surface area contributed by atoms with Crippen molar-refractivity contribution in [3.05, 3.63) is 28.8 Å². The smallest absolute Gasteiger partial charge is 0.261 e. The van der Waals surface area contributed by atoms with Crippen LogP contribution in [0.4, 0.5) is 23.2 Å². The van der Waals surface area contributed by atoms with Crippen LogP contribution in [-0.4, -0.2) is 17.9 Å². The lowest BCUT2D eigenvalue weighted by Gasteiger charge is -2.17. The Labute approximate surface area is 106 Å². The first-order chi connectivity index (χ1) is 8.78. The van der Waals surface area contributed by atoms with Gasteiger partial charge in [-0.05, 0) is 25.8 Å². The number of halogens is 4. The van der Waals surface area contributed by atoms with Crippen LogP contribution in [0.25, 0.3) is 0 Å². The van der Waals surface area contributed by atoms with Gasteiger partial charge in [-0.2, -0.15) is 0 Å². The lowest BCUT2D eigenvalue weighted by molar-refractivity contribution is 0.0679. The minimum absolute atomic E-state index is 0.161. The monoisotopic (exact) mass is 276 g/mol. The molecule has 0 heterocycles. The number of hydrogen-bond donors (Lipinski definition) is 2. The van der Waals surface area contributed by atoms with Crippen LogP contribution in [0.1, 0.15) is 28.8 Å². The largest absolute Gasteiger partial charge is 0.396 e. The lowest BCUT2D eigenvalue weighted by atomic mass is 10.1. The Morgan fingerprint density at radius 2 is 1.95 bits per heavy atom. The number of nitrogens with one attached hydrogen (secondary N) is 1. The molecule has 1 aliphatic carbocycles. The van der Waals surface area contributed by atoms with Gasteiger partial charge in [-0.1, -0.05) is 0 Å². The molecule has 0 atom stereocenters. The van der Waals surface area contributed by atoms with Gasteiger partial charge in [0.15, 0.2) is 11.6 Å². The number of benzene rings is 1. The van der Waals surface area contributed by atoms with Crippen LogP contribution < -0.4 is 11.1 Å². The molecule has 0 radical (unpaired) electrons.